The zero-order chi connectivity index (χ0) is 15.5. The van der Waals surface area contributed by atoms with Gasteiger partial charge in [-0.3, -0.25) is 4.79 Å². The summed E-state index contributed by atoms with van der Waals surface area (Å²) in [5, 5.41) is 2.56. The molecule has 1 N–H and O–H groups in total. The Morgan fingerprint density at radius 2 is 2.10 bits per heavy atom. The van der Waals surface area contributed by atoms with Crippen molar-refractivity contribution in [1.29, 1.82) is 0 Å². The van der Waals surface area contributed by atoms with Gasteiger partial charge in [0.25, 0.3) is 0 Å². The van der Waals surface area contributed by atoms with Gasteiger partial charge in [0.2, 0.25) is 15.9 Å². The molecule has 0 aliphatic heterocycles. The lowest BCUT2D eigenvalue weighted by Gasteiger charge is -2.20. The van der Waals surface area contributed by atoms with Crippen molar-refractivity contribution in [2.24, 2.45) is 5.92 Å². The van der Waals surface area contributed by atoms with Gasteiger partial charge in [0, 0.05) is 32.8 Å². The third-order valence-corrected chi connectivity index (χ3v) is 5.18. The van der Waals surface area contributed by atoms with Crippen LogP contribution >= 0.6 is 23.2 Å². The number of carbonyl (C=O) groups excluding carboxylic acids is 1. The Labute approximate surface area is 128 Å². The molecule has 0 bridgehead atoms. The van der Waals surface area contributed by atoms with Gasteiger partial charge in [0.1, 0.15) is 10.0 Å². The van der Waals surface area contributed by atoms with Crippen LogP contribution in [-0.4, -0.2) is 44.3 Å². The molecule has 1 heterocycles. The van der Waals surface area contributed by atoms with Crippen LogP contribution in [0.2, 0.25) is 10.2 Å². The number of amides is 1. The highest BCUT2D eigenvalue weighted by Crippen LogP contribution is 2.24. The Bertz CT molecular complexity index is 607. The number of carbonyl (C=O) groups is 1. The molecular weight excluding hydrogens is 325 g/mol. The Hall–Kier alpha value is -0.890. The maximum atomic E-state index is 12.3. The molecule has 1 rings (SSSR count). The van der Waals surface area contributed by atoms with Crippen LogP contribution in [0.15, 0.2) is 17.2 Å². The second kappa shape index (κ2) is 6.71. The largest absolute Gasteiger partial charge is 0.359 e. The van der Waals surface area contributed by atoms with Gasteiger partial charge in [-0.15, -0.1) is 0 Å². The van der Waals surface area contributed by atoms with Crippen molar-refractivity contribution in [3.63, 3.8) is 0 Å². The number of hydrogen-bond donors (Lipinski definition) is 1. The third kappa shape index (κ3) is 3.82. The van der Waals surface area contributed by atoms with Gasteiger partial charge in [-0.05, 0) is 6.07 Å². The summed E-state index contributed by atoms with van der Waals surface area (Å²) in [6.45, 7) is 1.68. The minimum Gasteiger partial charge on any atom is -0.359 e. The van der Waals surface area contributed by atoms with E-state index in [1.165, 1.54) is 20.2 Å². The van der Waals surface area contributed by atoms with E-state index in [1.54, 1.807) is 6.92 Å². The molecule has 0 fully saturated rings. The van der Waals surface area contributed by atoms with Crippen LogP contribution in [0.5, 0.6) is 0 Å². The van der Waals surface area contributed by atoms with Crippen LogP contribution in [0.3, 0.4) is 0 Å². The molecule has 0 aromatic carbocycles. The lowest BCUT2D eigenvalue weighted by Crippen LogP contribution is -2.37. The number of halogens is 2. The van der Waals surface area contributed by atoms with Crippen LogP contribution < -0.4 is 5.32 Å². The van der Waals surface area contributed by atoms with E-state index in [0.29, 0.717) is 0 Å². The van der Waals surface area contributed by atoms with E-state index in [1.807, 2.05) is 0 Å². The molecule has 0 saturated carbocycles. The van der Waals surface area contributed by atoms with Gasteiger partial charge in [-0.2, -0.15) is 0 Å². The zero-order valence-corrected chi connectivity index (χ0v) is 13.6. The molecule has 1 atom stereocenters. The van der Waals surface area contributed by atoms with Crippen molar-refractivity contribution in [3.8, 4) is 0 Å². The molecule has 6 nitrogen and oxygen atoms in total. The van der Waals surface area contributed by atoms with Gasteiger partial charge < -0.3 is 5.32 Å². The third-order valence-electron chi connectivity index (χ3n) is 2.70. The van der Waals surface area contributed by atoms with Crippen LogP contribution in [0.25, 0.3) is 0 Å². The Kier molecular flexibility index (Phi) is 5.76. The average molecular weight is 340 g/mol. The number of hydrogen-bond acceptors (Lipinski definition) is 4. The number of sulfonamides is 1. The summed E-state index contributed by atoms with van der Waals surface area (Å²) in [5.74, 6) is -0.713. The average Bonchev–Trinajstić information content (AvgIpc) is 2.40. The van der Waals surface area contributed by atoms with Crippen molar-refractivity contribution >= 4 is 39.1 Å². The maximum absolute atomic E-state index is 12.3. The summed E-state index contributed by atoms with van der Waals surface area (Å²) in [5.41, 5.74) is 0. The molecular formula is C11H15Cl2N3O3S. The maximum Gasteiger partial charge on any atom is 0.244 e. The van der Waals surface area contributed by atoms with E-state index < -0.39 is 15.9 Å². The van der Waals surface area contributed by atoms with Gasteiger partial charge in [0.05, 0.1) is 5.02 Å². The van der Waals surface area contributed by atoms with E-state index in [4.69, 9.17) is 23.2 Å². The number of nitrogens with zero attached hydrogens (tertiary/aromatic N) is 2. The molecule has 9 heteroatoms. The predicted octanol–water partition coefficient (Wildman–Crippen LogP) is 1.39. The normalized spacial score (nSPS) is 13.3. The molecule has 0 aliphatic carbocycles. The van der Waals surface area contributed by atoms with Gasteiger partial charge in [-0.25, -0.2) is 17.7 Å². The highest BCUT2D eigenvalue weighted by atomic mass is 35.5. The number of rotatable bonds is 5. The first-order chi connectivity index (χ1) is 9.20. The Balaban J connectivity index is 2.98. The van der Waals surface area contributed by atoms with Crippen molar-refractivity contribution in [2.75, 3.05) is 20.6 Å². The molecule has 20 heavy (non-hydrogen) atoms. The standard InChI is InChI=1S/C11H15Cl2N3O3S/c1-7(11(17)14-2)6-16(3)20(18,19)8-4-9(12)10(13)15-5-8/h4-5,7H,6H2,1-3H3,(H,14,17). The topological polar surface area (TPSA) is 79.4 Å². The van der Waals surface area contributed by atoms with Crippen molar-refractivity contribution in [1.82, 2.24) is 14.6 Å². The number of pyridine rings is 1. The summed E-state index contributed by atoms with van der Waals surface area (Å²) in [4.78, 5) is 15.1. The van der Waals surface area contributed by atoms with Gasteiger partial charge >= 0.3 is 0 Å². The minimum atomic E-state index is -3.77. The van der Waals surface area contributed by atoms with E-state index in [2.05, 4.69) is 10.3 Å². The highest BCUT2D eigenvalue weighted by molar-refractivity contribution is 7.89. The Morgan fingerprint density at radius 1 is 1.50 bits per heavy atom. The van der Waals surface area contributed by atoms with Crippen molar-refractivity contribution in [2.45, 2.75) is 11.8 Å². The summed E-state index contributed by atoms with van der Waals surface area (Å²) in [7, 11) is -0.885. The fourth-order valence-corrected chi connectivity index (χ4v) is 3.10. The molecule has 0 aliphatic rings. The van der Waals surface area contributed by atoms with Crippen LogP contribution in [0, 0.1) is 5.92 Å². The molecule has 112 valence electrons. The van der Waals surface area contributed by atoms with E-state index in [-0.39, 0.29) is 27.5 Å². The van der Waals surface area contributed by atoms with Crippen LogP contribution in [0.1, 0.15) is 6.92 Å². The first-order valence-corrected chi connectivity index (χ1v) is 7.88. The fourth-order valence-electron chi connectivity index (χ4n) is 1.54. The molecule has 0 spiro atoms. The molecule has 1 amide bonds. The van der Waals surface area contributed by atoms with Crippen LogP contribution in [0.4, 0.5) is 0 Å². The zero-order valence-electron chi connectivity index (χ0n) is 11.2. The summed E-state index contributed by atoms with van der Waals surface area (Å²) in [6, 6.07) is 1.23. The number of aromatic nitrogens is 1. The van der Waals surface area contributed by atoms with Gasteiger partial charge in [0.15, 0.2) is 0 Å². The summed E-state index contributed by atoms with van der Waals surface area (Å²) >= 11 is 11.4. The van der Waals surface area contributed by atoms with Crippen LogP contribution in [-0.2, 0) is 14.8 Å². The van der Waals surface area contributed by atoms with E-state index in [0.717, 1.165) is 10.5 Å². The van der Waals surface area contributed by atoms with Crippen molar-refractivity contribution in [3.05, 3.63) is 22.4 Å². The lowest BCUT2D eigenvalue weighted by atomic mass is 10.2. The molecule has 0 radical (unpaired) electrons. The first-order valence-electron chi connectivity index (χ1n) is 5.69. The predicted molar refractivity (Wildman–Crippen MR) is 77.3 cm³/mol. The molecule has 1 unspecified atom stereocenters. The van der Waals surface area contributed by atoms with E-state index >= 15 is 0 Å². The second-order valence-corrected chi connectivity index (χ2v) is 7.05. The molecule has 1 aromatic rings. The van der Waals surface area contributed by atoms with Gasteiger partial charge in [-0.1, -0.05) is 30.1 Å². The van der Waals surface area contributed by atoms with Crippen molar-refractivity contribution < 1.29 is 13.2 Å². The highest BCUT2D eigenvalue weighted by Gasteiger charge is 2.25. The van der Waals surface area contributed by atoms with E-state index in [9.17, 15) is 13.2 Å². The first kappa shape index (κ1) is 17.2. The lowest BCUT2D eigenvalue weighted by molar-refractivity contribution is -0.124. The SMILES string of the molecule is CNC(=O)C(C)CN(C)S(=O)(=O)c1cnc(Cl)c(Cl)c1. The number of nitrogens with one attached hydrogen (secondary N) is 1. The quantitative estimate of drug-likeness (QED) is 0.822. The minimum absolute atomic E-state index is 0.0343. The Morgan fingerprint density at radius 3 is 2.60 bits per heavy atom. The fraction of sp³-hybridized carbons (Fsp3) is 0.455. The second-order valence-electron chi connectivity index (χ2n) is 4.24. The monoisotopic (exact) mass is 339 g/mol. The smallest absolute Gasteiger partial charge is 0.244 e. The molecule has 0 saturated heterocycles. The summed E-state index contributed by atoms with van der Waals surface area (Å²) < 4.78 is 25.7. The molecule has 1 aromatic heterocycles. The summed E-state index contributed by atoms with van der Waals surface area (Å²) in [6.07, 6.45) is 1.13.